The van der Waals surface area contributed by atoms with Crippen molar-refractivity contribution in [3.63, 3.8) is 0 Å². The highest BCUT2D eigenvalue weighted by atomic mass is 16.4. The average molecular weight is 226 g/mol. The summed E-state index contributed by atoms with van der Waals surface area (Å²) in [5, 5.41) is 13.8. The molecule has 0 rings (SSSR count). The Hall–Kier alpha value is -1.70. The van der Waals surface area contributed by atoms with Gasteiger partial charge in [-0.1, -0.05) is 26.7 Å². The number of terminal acetylenes is 1. The third-order valence-electron chi connectivity index (χ3n) is 1.99. The Balaban J connectivity index is 4.50. The van der Waals surface area contributed by atoms with Crippen LogP contribution in [0.15, 0.2) is 0 Å². The summed E-state index contributed by atoms with van der Waals surface area (Å²) >= 11 is 0. The topological polar surface area (TPSA) is 78.4 Å². The number of carbonyl (C=O) groups is 2. The first-order chi connectivity index (χ1) is 7.18. The van der Waals surface area contributed by atoms with Crippen molar-refractivity contribution in [1.29, 1.82) is 0 Å². The molecule has 2 atom stereocenters. The van der Waals surface area contributed by atoms with E-state index in [2.05, 4.69) is 16.6 Å². The second-order valence-corrected chi connectivity index (χ2v) is 4.64. The zero-order valence-electron chi connectivity index (χ0n) is 10.00. The van der Waals surface area contributed by atoms with E-state index in [1.165, 1.54) is 0 Å². The summed E-state index contributed by atoms with van der Waals surface area (Å²) in [5.41, 5.74) is -0.567. The van der Waals surface area contributed by atoms with Gasteiger partial charge < -0.3 is 15.7 Å². The summed E-state index contributed by atoms with van der Waals surface area (Å²) in [6.45, 7) is 6.83. The van der Waals surface area contributed by atoms with Crippen LogP contribution in [0.4, 0.5) is 4.79 Å². The standard InChI is InChI=1S/C11H18N2O3/c1-6-7(2)12-10(16)13-8(9(14)15)11(3,4)5/h1,7-8H,2-5H3,(H,14,15)(H2,12,13,16)/t7?,8-/m1/s1. The van der Waals surface area contributed by atoms with Gasteiger partial charge in [0.05, 0.1) is 6.04 Å². The van der Waals surface area contributed by atoms with E-state index in [1.54, 1.807) is 27.7 Å². The zero-order valence-corrected chi connectivity index (χ0v) is 10.00. The maximum Gasteiger partial charge on any atom is 0.326 e. The van der Waals surface area contributed by atoms with Crippen LogP contribution in [0.3, 0.4) is 0 Å². The molecule has 5 nitrogen and oxygen atoms in total. The molecular weight excluding hydrogens is 208 g/mol. The summed E-state index contributed by atoms with van der Waals surface area (Å²) in [5.74, 6) is 1.24. The Morgan fingerprint density at radius 3 is 2.12 bits per heavy atom. The van der Waals surface area contributed by atoms with E-state index >= 15 is 0 Å². The number of carboxylic acids is 1. The average Bonchev–Trinajstić information content (AvgIpc) is 2.11. The van der Waals surface area contributed by atoms with Crippen molar-refractivity contribution < 1.29 is 14.7 Å². The maximum absolute atomic E-state index is 11.4. The normalized spacial score (nSPS) is 14.4. The number of carboxylic acid groups (broad SMARTS) is 1. The Bertz CT molecular complexity index is 312. The lowest BCUT2D eigenvalue weighted by Gasteiger charge is -2.28. The second kappa shape index (κ2) is 5.40. The fourth-order valence-corrected chi connectivity index (χ4v) is 1.06. The predicted octanol–water partition coefficient (Wildman–Crippen LogP) is 0.807. The van der Waals surface area contributed by atoms with Gasteiger partial charge in [0.15, 0.2) is 0 Å². The molecule has 0 radical (unpaired) electrons. The van der Waals surface area contributed by atoms with Crippen LogP contribution in [0.25, 0.3) is 0 Å². The number of hydrogen-bond donors (Lipinski definition) is 3. The minimum atomic E-state index is -1.07. The van der Waals surface area contributed by atoms with Gasteiger partial charge in [-0.3, -0.25) is 0 Å². The predicted molar refractivity (Wildman–Crippen MR) is 60.8 cm³/mol. The molecule has 0 aliphatic rings. The molecule has 0 aromatic carbocycles. The summed E-state index contributed by atoms with van der Waals surface area (Å²) in [4.78, 5) is 22.3. The fraction of sp³-hybridized carbons (Fsp3) is 0.636. The summed E-state index contributed by atoms with van der Waals surface area (Å²) in [6, 6.07) is -1.97. The Morgan fingerprint density at radius 1 is 1.31 bits per heavy atom. The van der Waals surface area contributed by atoms with Gasteiger partial charge in [0, 0.05) is 0 Å². The van der Waals surface area contributed by atoms with Gasteiger partial charge in [-0.25, -0.2) is 9.59 Å². The van der Waals surface area contributed by atoms with Crippen molar-refractivity contribution >= 4 is 12.0 Å². The summed E-state index contributed by atoms with van der Waals surface area (Å²) in [6.07, 6.45) is 5.09. The lowest BCUT2D eigenvalue weighted by Crippen LogP contribution is -2.53. The molecule has 0 aromatic rings. The van der Waals surface area contributed by atoms with Crippen molar-refractivity contribution in [3.05, 3.63) is 0 Å². The monoisotopic (exact) mass is 226 g/mol. The van der Waals surface area contributed by atoms with Gasteiger partial charge in [0.1, 0.15) is 6.04 Å². The molecule has 0 spiro atoms. The lowest BCUT2D eigenvalue weighted by molar-refractivity contribution is -0.141. The molecule has 0 aliphatic carbocycles. The van der Waals surface area contributed by atoms with E-state index in [-0.39, 0.29) is 0 Å². The Morgan fingerprint density at radius 2 is 1.81 bits per heavy atom. The molecule has 3 N–H and O–H groups in total. The molecule has 1 unspecified atom stereocenters. The maximum atomic E-state index is 11.4. The molecule has 5 heteroatoms. The number of rotatable bonds is 3. The van der Waals surface area contributed by atoms with Crippen molar-refractivity contribution in [2.75, 3.05) is 0 Å². The summed E-state index contributed by atoms with van der Waals surface area (Å²) < 4.78 is 0. The van der Waals surface area contributed by atoms with Gasteiger partial charge >= 0.3 is 12.0 Å². The van der Waals surface area contributed by atoms with Gasteiger partial charge in [-0.15, -0.1) is 6.42 Å². The van der Waals surface area contributed by atoms with Crippen LogP contribution < -0.4 is 10.6 Å². The van der Waals surface area contributed by atoms with E-state index < -0.39 is 29.5 Å². The largest absolute Gasteiger partial charge is 0.480 e. The molecule has 0 bridgehead atoms. The molecule has 90 valence electrons. The first-order valence-electron chi connectivity index (χ1n) is 4.94. The number of hydrogen-bond acceptors (Lipinski definition) is 2. The number of urea groups is 1. The van der Waals surface area contributed by atoms with Crippen molar-refractivity contribution in [1.82, 2.24) is 10.6 Å². The van der Waals surface area contributed by atoms with Gasteiger partial charge in [-0.05, 0) is 12.3 Å². The minimum absolute atomic E-state index is 0.436. The molecule has 2 amide bonds. The van der Waals surface area contributed by atoms with Crippen LogP contribution in [0.2, 0.25) is 0 Å². The van der Waals surface area contributed by atoms with Crippen molar-refractivity contribution in [2.24, 2.45) is 5.41 Å². The third kappa shape index (κ3) is 4.69. The van der Waals surface area contributed by atoms with Crippen LogP contribution in [0, 0.1) is 17.8 Å². The molecule has 0 aliphatic heterocycles. The van der Waals surface area contributed by atoms with Crippen LogP contribution >= 0.6 is 0 Å². The SMILES string of the molecule is C#CC(C)NC(=O)N[C@H](C(=O)O)C(C)(C)C. The van der Waals surface area contributed by atoms with Crippen LogP contribution in [-0.4, -0.2) is 29.2 Å². The smallest absolute Gasteiger partial charge is 0.326 e. The van der Waals surface area contributed by atoms with E-state index in [4.69, 9.17) is 11.5 Å². The molecule has 0 saturated heterocycles. The lowest BCUT2D eigenvalue weighted by atomic mass is 9.87. The van der Waals surface area contributed by atoms with E-state index in [9.17, 15) is 9.59 Å². The second-order valence-electron chi connectivity index (χ2n) is 4.64. The Kier molecular flexibility index (Phi) is 4.83. The van der Waals surface area contributed by atoms with Crippen LogP contribution in [0.5, 0.6) is 0 Å². The third-order valence-corrected chi connectivity index (χ3v) is 1.99. The summed E-state index contributed by atoms with van der Waals surface area (Å²) in [7, 11) is 0. The van der Waals surface area contributed by atoms with E-state index in [1.807, 2.05) is 0 Å². The van der Waals surface area contributed by atoms with Crippen LogP contribution in [-0.2, 0) is 4.79 Å². The molecule has 0 fully saturated rings. The molecular formula is C11H18N2O3. The van der Waals surface area contributed by atoms with E-state index in [0.29, 0.717) is 0 Å². The number of carbonyl (C=O) groups excluding carboxylic acids is 1. The fourth-order valence-electron chi connectivity index (χ4n) is 1.06. The minimum Gasteiger partial charge on any atom is -0.480 e. The van der Waals surface area contributed by atoms with Gasteiger partial charge in [0.25, 0.3) is 0 Å². The number of nitrogens with one attached hydrogen (secondary N) is 2. The zero-order chi connectivity index (χ0) is 12.9. The van der Waals surface area contributed by atoms with Crippen molar-refractivity contribution in [3.8, 4) is 12.3 Å². The van der Waals surface area contributed by atoms with Gasteiger partial charge in [-0.2, -0.15) is 0 Å². The highest BCUT2D eigenvalue weighted by Crippen LogP contribution is 2.19. The molecule has 0 aromatic heterocycles. The quantitative estimate of drug-likeness (QED) is 0.623. The number of amides is 2. The highest BCUT2D eigenvalue weighted by Gasteiger charge is 2.32. The molecule has 0 heterocycles. The molecule has 16 heavy (non-hydrogen) atoms. The number of aliphatic carboxylic acids is 1. The highest BCUT2D eigenvalue weighted by molar-refractivity contribution is 5.83. The first-order valence-corrected chi connectivity index (χ1v) is 4.94. The first kappa shape index (κ1) is 14.3. The molecule has 0 saturated carbocycles. The van der Waals surface area contributed by atoms with Crippen molar-refractivity contribution in [2.45, 2.75) is 39.8 Å². The van der Waals surface area contributed by atoms with E-state index in [0.717, 1.165) is 0 Å². The Labute approximate surface area is 95.6 Å². The van der Waals surface area contributed by atoms with Crippen LogP contribution in [0.1, 0.15) is 27.7 Å². The van der Waals surface area contributed by atoms with Gasteiger partial charge in [0.2, 0.25) is 0 Å².